The molecule has 1 heterocycles. The van der Waals surface area contributed by atoms with Gasteiger partial charge >= 0.3 is 0 Å². The van der Waals surface area contributed by atoms with Crippen LogP contribution in [0.1, 0.15) is 39.2 Å². The summed E-state index contributed by atoms with van der Waals surface area (Å²) in [6, 6.07) is 0.197. The van der Waals surface area contributed by atoms with Gasteiger partial charge in [0.2, 0.25) is 10.0 Å². The summed E-state index contributed by atoms with van der Waals surface area (Å²) in [6.07, 6.45) is 8.33. The molecular weight excluding hydrogens is 238 g/mol. The second-order valence-corrected chi connectivity index (χ2v) is 7.09. The lowest BCUT2D eigenvalue weighted by atomic mass is 10.2. The van der Waals surface area contributed by atoms with Crippen molar-refractivity contribution in [2.45, 2.75) is 50.4 Å². The quantitative estimate of drug-likeness (QED) is 0.884. The molecule has 1 aromatic heterocycles. The number of rotatable bonds is 4. The lowest BCUT2D eigenvalue weighted by molar-refractivity contribution is 0.429. The summed E-state index contributed by atoms with van der Waals surface area (Å²) in [4.78, 5) is 4.02. The average Bonchev–Trinajstić information content (AvgIpc) is 2.85. The van der Waals surface area contributed by atoms with Crippen LogP contribution in [0, 0.1) is 0 Å². The van der Waals surface area contributed by atoms with Crippen molar-refractivity contribution in [3.05, 3.63) is 18.7 Å². The Balaban J connectivity index is 2.11. The standard InChI is InChI=1S/C11H19N3O2S/c1-9(2)17(15,16)13-10-4-3-5-11(10)14-7-6-12-8-14/h6-11,13H,3-5H2,1-2H3. The number of aromatic nitrogens is 2. The first-order valence-electron chi connectivity index (χ1n) is 5.99. The van der Waals surface area contributed by atoms with Crippen LogP contribution in [-0.4, -0.2) is 29.3 Å². The van der Waals surface area contributed by atoms with Crippen LogP contribution in [0.4, 0.5) is 0 Å². The number of imidazole rings is 1. The monoisotopic (exact) mass is 257 g/mol. The molecule has 6 heteroatoms. The average molecular weight is 257 g/mol. The highest BCUT2D eigenvalue weighted by atomic mass is 32.2. The molecule has 0 amide bonds. The number of nitrogens with one attached hydrogen (secondary N) is 1. The molecular formula is C11H19N3O2S. The fraction of sp³-hybridized carbons (Fsp3) is 0.727. The minimum Gasteiger partial charge on any atom is -0.333 e. The molecule has 2 atom stereocenters. The van der Waals surface area contributed by atoms with E-state index in [-0.39, 0.29) is 17.3 Å². The van der Waals surface area contributed by atoms with Crippen molar-refractivity contribution in [1.82, 2.24) is 14.3 Å². The number of sulfonamides is 1. The highest BCUT2D eigenvalue weighted by Crippen LogP contribution is 2.30. The van der Waals surface area contributed by atoms with Gasteiger partial charge in [-0.05, 0) is 33.1 Å². The van der Waals surface area contributed by atoms with E-state index in [0.717, 1.165) is 19.3 Å². The predicted molar refractivity (Wildman–Crippen MR) is 66.1 cm³/mol. The summed E-state index contributed by atoms with van der Waals surface area (Å²) in [6.45, 7) is 3.40. The number of hydrogen-bond acceptors (Lipinski definition) is 3. The van der Waals surface area contributed by atoms with Crippen LogP contribution in [0.15, 0.2) is 18.7 Å². The van der Waals surface area contributed by atoms with Crippen molar-refractivity contribution in [2.24, 2.45) is 0 Å². The van der Waals surface area contributed by atoms with Gasteiger partial charge in [0.05, 0.1) is 17.6 Å². The fourth-order valence-electron chi connectivity index (χ4n) is 2.25. The Morgan fingerprint density at radius 3 is 2.76 bits per heavy atom. The van der Waals surface area contributed by atoms with Crippen LogP contribution < -0.4 is 4.72 Å². The Kier molecular flexibility index (Phi) is 3.53. The molecule has 0 aromatic carbocycles. The fourth-order valence-corrected chi connectivity index (χ4v) is 3.22. The van der Waals surface area contributed by atoms with Crippen molar-refractivity contribution in [1.29, 1.82) is 0 Å². The molecule has 1 N–H and O–H groups in total. The molecule has 1 saturated carbocycles. The number of hydrogen-bond donors (Lipinski definition) is 1. The third-order valence-electron chi connectivity index (χ3n) is 3.32. The summed E-state index contributed by atoms with van der Waals surface area (Å²) in [5.74, 6) is 0. The topological polar surface area (TPSA) is 64.0 Å². The van der Waals surface area contributed by atoms with Crippen LogP contribution in [0.2, 0.25) is 0 Å². The maximum Gasteiger partial charge on any atom is 0.214 e. The minimum absolute atomic E-state index is 0.00315. The Labute approximate surface area is 102 Å². The van der Waals surface area contributed by atoms with Gasteiger partial charge in [0.15, 0.2) is 0 Å². The van der Waals surface area contributed by atoms with Crippen molar-refractivity contribution >= 4 is 10.0 Å². The molecule has 1 fully saturated rings. The molecule has 1 aliphatic rings. The van der Waals surface area contributed by atoms with Crippen molar-refractivity contribution in [3.63, 3.8) is 0 Å². The molecule has 0 aliphatic heterocycles. The first kappa shape index (κ1) is 12.6. The summed E-state index contributed by atoms with van der Waals surface area (Å²) in [5, 5.41) is -0.383. The Bertz CT molecular complexity index is 453. The molecule has 0 spiro atoms. The predicted octanol–water partition coefficient (Wildman–Crippen LogP) is 1.30. The van der Waals surface area contributed by atoms with E-state index in [1.165, 1.54) is 0 Å². The smallest absolute Gasteiger partial charge is 0.214 e. The number of nitrogens with zero attached hydrogens (tertiary/aromatic N) is 2. The van der Waals surface area contributed by atoms with Gasteiger partial charge in [-0.1, -0.05) is 0 Å². The lowest BCUT2D eigenvalue weighted by Gasteiger charge is -2.23. The lowest BCUT2D eigenvalue weighted by Crippen LogP contribution is -2.41. The molecule has 0 bridgehead atoms. The Morgan fingerprint density at radius 2 is 2.18 bits per heavy atom. The SMILES string of the molecule is CC(C)S(=O)(=O)NC1CCCC1n1ccnc1. The van der Waals surface area contributed by atoms with Crippen molar-refractivity contribution in [2.75, 3.05) is 0 Å². The second-order valence-electron chi connectivity index (χ2n) is 4.83. The molecule has 2 rings (SSSR count). The van der Waals surface area contributed by atoms with Gasteiger partial charge in [0.25, 0.3) is 0 Å². The second kappa shape index (κ2) is 4.78. The largest absolute Gasteiger partial charge is 0.333 e. The summed E-state index contributed by atoms with van der Waals surface area (Å²) >= 11 is 0. The van der Waals surface area contributed by atoms with E-state index < -0.39 is 10.0 Å². The molecule has 0 radical (unpaired) electrons. The maximum absolute atomic E-state index is 11.9. The van der Waals surface area contributed by atoms with E-state index in [1.807, 2.05) is 10.8 Å². The zero-order valence-electron chi connectivity index (χ0n) is 10.2. The molecule has 1 aliphatic carbocycles. The van der Waals surface area contributed by atoms with E-state index in [9.17, 15) is 8.42 Å². The van der Waals surface area contributed by atoms with Crippen LogP contribution in [0.5, 0.6) is 0 Å². The third kappa shape index (κ3) is 2.69. The minimum atomic E-state index is -3.19. The van der Waals surface area contributed by atoms with Crippen LogP contribution in [0.25, 0.3) is 0 Å². The van der Waals surface area contributed by atoms with E-state index >= 15 is 0 Å². The summed E-state index contributed by atoms with van der Waals surface area (Å²) in [5.41, 5.74) is 0. The first-order valence-corrected chi connectivity index (χ1v) is 7.54. The maximum atomic E-state index is 11.9. The van der Waals surface area contributed by atoms with E-state index in [1.54, 1.807) is 26.4 Å². The molecule has 0 saturated heterocycles. The van der Waals surface area contributed by atoms with Crippen LogP contribution >= 0.6 is 0 Å². The van der Waals surface area contributed by atoms with E-state index in [4.69, 9.17) is 0 Å². The highest BCUT2D eigenvalue weighted by molar-refractivity contribution is 7.90. The molecule has 5 nitrogen and oxygen atoms in total. The van der Waals surface area contributed by atoms with Gasteiger partial charge < -0.3 is 4.57 Å². The molecule has 96 valence electrons. The van der Waals surface area contributed by atoms with Crippen LogP contribution in [0.3, 0.4) is 0 Å². The normalized spacial score (nSPS) is 25.6. The van der Waals surface area contributed by atoms with Gasteiger partial charge in [-0.2, -0.15) is 0 Å². The van der Waals surface area contributed by atoms with Crippen molar-refractivity contribution < 1.29 is 8.42 Å². The first-order chi connectivity index (χ1) is 8.00. The highest BCUT2D eigenvalue weighted by Gasteiger charge is 2.32. The van der Waals surface area contributed by atoms with Crippen LogP contribution in [-0.2, 0) is 10.0 Å². The van der Waals surface area contributed by atoms with Gasteiger partial charge in [0, 0.05) is 18.4 Å². The van der Waals surface area contributed by atoms with Gasteiger partial charge in [-0.15, -0.1) is 0 Å². The van der Waals surface area contributed by atoms with E-state index in [2.05, 4.69) is 9.71 Å². The Morgan fingerprint density at radius 1 is 1.41 bits per heavy atom. The van der Waals surface area contributed by atoms with Gasteiger partial charge in [-0.25, -0.2) is 18.1 Å². The van der Waals surface area contributed by atoms with Crippen molar-refractivity contribution in [3.8, 4) is 0 Å². The summed E-state index contributed by atoms with van der Waals surface area (Å²) < 4.78 is 28.5. The summed E-state index contributed by atoms with van der Waals surface area (Å²) in [7, 11) is -3.19. The third-order valence-corrected chi connectivity index (χ3v) is 5.20. The zero-order chi connectivity index (χ0) is 12.5. The Hall–Kier alpha value is -0.880. The van der Waals surface area contributed by atoms with Gasteiger partial charge in [0.1, 0.15) is 0 Å². The zero-order valence-corrected chi connectivity index (χ0v) is 11.0. The molecule has 17 heavy (non-hydrogen) atoms. The van der Waals surface area contributed by atoms with E-state index in [0.29, 0.717) is 0 Å². The van der Waals surface area contributed by atoms with Gasteiger partial charge in [-0.3, -0.25) is 0 Å². The molecule has 1 aromatic rings. The molecule has 2 unspecified atom stereocenters.